The van der Waals surface area contributed by atoms with Gasteiger partial charge in [-0.15, -0.1) is 0 Å². The van der Waals surface area contributed by atoms with Gasteiger partial charge in [-0.1, -0.05) is 6.92 Å². The minimum atomic E-state index is -1.48. The van der Waals surface area contributed by atoms with Gasteiger partial charge in [0.1, 0.15) is 46.5 Å². The van der Waals surface area contributed by atoms with Crippen molar-refractivity contribution in [3.8, 4) is 34.3 Å². The Balaban J connectivity index is 1.56. The van der Waals surface area contributed by atoms with Crippen molar-refractivity contribution in [2.24, 2.45) is 5.92 Å². The van der Waals surface area contributed by atoms with Gasteiger partial charge in [-0.3, -0.25) is 14.4 Å². The normalized spacial score (nSPS) is 24.3. The summed E-state index contributed by atoms with van der Waals surface area (Å²) in [5, 5.41) is 31.5. The smallest absolute Gasteiger partial charge is 0.303 e. The molecular formula is C30H32O11. The molecule has 11 nitrogen and oxygen atoms in total. The Morgan fingerprint density at radius 2 is 1.61 bits per heavy atom. The average molecular weight is 569 g/mol. The molecule has 2 aliphatic carbocycles. The molecule has 5 atom stereocenters. The van der Waals surface area contributed by atoms with Crippen LogP contribution in [0.25, 0.3) is 22.3 Å². The highest BCUT2D eigenvalue weighted by Crippen LogP contribution is 2.39. The number of benzene rings is 2. The number of rotatable bonds is 7. The largest absolute Gasteiger partial charge is 0.508 e. The van der Waals surface area contributed by atoms with Gasteiger partial charge < -0.3 is 38.7 Å². The lowest BCUT2D eigenvalue weighted by molar-refractivity contribution is -0.199. The molecule has 218 valence electrons. The number of hydrogen-bond donors (Lipinski definition) is 3. The molecule has 2 aliphatic rings. The number of phenolic OH excluding ortho intramolecular Hbond substituents is 2. The number of ether oxygens (including phenoxy) is 4. The summed E-state index contributed by atoms with van der Waals surface area (Å²) in [4.78, 5) is 37.3. The predicted octanol–water partition coefficient (Wildman–Crippen LogP) is 3.81. The third-order valence-corrected chi connectivity index (χ3v) is 7.47. The lowest BCUT2D eigenvalue weighted by atomic mass is 9.81. The van der Waals surface area contributed by atoms with Gasteiger partial charge in [-0.25, -0.2) is 0 Å². The van der Waals surface area contributed by atoms with E-state index in [2.05, 4.69) is 0 Å². The van der Waals surface area contributed by atoms with E-state index in [1.807, 2.05) is 0 Å². The predicted molar refractivity (Wildman–Crippen MR) is 145 cm³/mol. The van der Waals surface area contributed by atoms with Crippen molar-refractivity contribution in [1.29, 1.82) is 0 Å². The Morgan fingerprint density at radius 3 is 2.22 bits per heavy atom. The molecule has 0 radical (unpaired) electrons. The van der Waals surface area contributed by atoms with Crippen LogP contribution < -0.4 is 14.9 Å². The van der Waals surface area contributed by atoms with Gasteiger partial charge in [-0.05, 0) is 49.9 Å². The Hall–Kier alpha value is -4.25. The number of hydrogen-bond acceptors (Lipinski definition) is 11. The van der Waals surface area contributed by atoms with Crippen molar-refractivity contribution in [2.75, 3.05) is 0 Å². The number of aliphatic hydroxyl groups is 1. The van der Waals surface area contributed by atoms with Crippen LogP contribution in [0.5, 0.6) is 23.0 Å². The second-order valence-electron chi connectivity index (χ2n) is 10.6. The van der Waals surface area contributed by atoms with Gasteiger partial charge in [0.05, 0.1) is 6.10 Å². The van der Waals surface area contributed by atoms with Crippen LogP contribution in [-0.2, 0) is 19.1 Å². The lowest BCUT2D eigenvalue weighted by Gasteiger charge is -2.42. The Morgan fingerprint density at radius 1 is 0.951 bits per heavy atom. The SMILES string of the molecule is CC(=O)O[C@@H]1[C@H](O)[C@@H](Oc2c(-c3ccc(OC4CCC4)cc3)oc3cc(O)cc(O)c3c2=O)C[C@H](C)[C@H]1OC(C)=O. The molecule has 0 spiro atoms. The first kappa shape index (κ1) is 28.3. The van der Waals surface area contributed by atoms with Crippen molar-refractivity contribution in [2.45, 2.75) is 77.0 Å². The van der Waals surface area contributed by atoms with Crippen LogP contribution in [0.4, 0.5) is 0 Å². The van der Waals surface area contributed by atoms with Crippen molar-refractivity contribution < 1.29 is 48.3 Å². The zero-order chi connectivity index (χ0) is 29.4. The number of fused-ring (bicyclic) bond motifs is 1. The molecule has 2 saturated carbocycles. The van der Waals surface area contributed by atoms with Crippen LogP contribution in [-0.4, -0.2) is 57.8 Å². The van der Waals surface area contributed by atoms with Crippen molar-refractivity contribution in [3.63, 3.8) is 0 Å². The topological polar surface area (TPSA) is 162 Å². The molecule has 0 aliphatic heterocycles. The third-order valence-electron chi connectivity index (χ3n) is 7.47. The first-order valence-corrected chi connectivity index (χ1v) is 13.5. The summed E-state index contributed by atoms with van der Waals surface area (Å²) < 4.78 is 28.8. The molecule has 0 saturated heterocycles. The highest BCUT2D eigenvalue weighted by Gasteiger charge is 2.48. The molecule has 2 aromatic carbocycles. The van der Waals surface area contributed by atoms with Gasteiger partial charge >= 0.3 is 11.9 Å². The molecule has 0 unspecified atom stereocenters. The van der Waals surface area contributed by atoms with E-state index in [0.717, 1.165) is 25.3 Å². The number of carbonyl (C=O) groups is 2. The first-order valence-electron chi connectivity index (χ1n) is 13.5. The number of esters is 2. The maximum atomic E-state index is 13.8. The van der Waals surface area contributed by atoms with Crippen LogP contribution in [0.2, 0.25) is 0 Å². The van der Waals surface area contributed by atoms with Crippen molar-refractivity contribution in [3.05, 3.63) is 46.6 Å². The van der Waals surface area contributed by atoms with E-state index in [9.17, 15) is 29.7 Å². The number of aliphatic hydroxyl groups excluding tert-OH is 1. The summed E-state index contributed by atoms with van der Waals surface area (Å²) in [5.74, 6) is -2.20. The van der Waals surface area contributed by atoms with Gasteiger partial charge in [0, 0.05) is 37.5 Å². The minimum absolute atomic E-state index is 0.00584. The summed E-state index contributed by atoms with van der Waals surface area (Å²) >= 11 is 0. The summed E-state index contributed by atoms with van der Waals surface area (Å²) in [6.07, 6.45) is -1.36. The maximum absolute atomic E-state index is 13.8. The molecule has 1 heterocycles. The highest BCUT2D eigenvalue weighted by molar-refractivity contribution is 5.88. The van der Waals surface area contributed by atoms with Crippen LogP contribution in [0.1, 0.15) is 46.5 Å². The average Bonchev–Trinajstić information content (AvgIpc) is 2.87. The molecule has 41 heavy (non-hydrogen) atoms. The third kappa shape index (κ3) is 5.81. The van der Waals surface area contributed by atoms with E-state index in [-0.39, 0.29) is 40.8 Å². The molecular weight excluding hydrogens is 536 g/mol. The van der Waals surface area contributed by atoms with Gasteiger partial charge in [0.25, 0.3) is 0 Å². The van der Waals surface area contributed by atoms with Crippen molar-refractivity contribution in [1.82, 2.24) is 0 Å². The van der Waals surface area contributed by atoms with Crippen LogP contribution >= 0.6 is 0 Å². The van der Waals surface area contributed by atoms with Crippen LogP contribution in [0, 0.1) is 5.92 Å². The zero-order valence-corrected chi connectivity index (χ0v) is 22.9. The molecule has 11 heteroatoms. The van der Waals surface area contributed by atoms with Gasteiger partial charge in [0.15, 0.2) is 11.9 Å². The van der Waals surface area contributed by atoms with E-state index in [1.165, 1.54) is 19.9 Å². The van der Waals surface area contributed by atoms with E-state index < -0.39 is 53.5 Å². The van der Waals surface area contributed by atoms with E-state index in [0.29, 0.717) is 11.3 Å². The Bertz CT molecular complexity index is 1510. The highest BCUT2D eigenvalue weighted by atomic mass is 16.6. The molecule has 3 N–H and O–H groups in total. The molecule has 1 aromatic heterocycles. The minimum Gasteiger partial charge on any atom is -0.508 e. The lowest BCUT2D eigenvalue weighted by Crippen LogP contribution is -2.57. The van der Waals surface area contributed by atoms with Gasteiger partial charge in [0.2, 0.25) is 11.2 Å². The summed E-state index contributed by atoms with van der Waals surface area (Å²) in [5.41, 5.74) is -0.370. The monoisotopic (exact) mass is 568 g/mol. The van der Waals surface area contributed by atoms with E-state index in [4.69, 9.17) is 23.4 Å². The first-order chi connectivity index (χ1) is 19.5. The molecule has 2 fully saturated rings. The molecule has 0 amide bonds. The maximum Gasteiger partial charge on any atom is 0.303 e. The fourth-order valence-corrected chi connectivity index (χ4v) is 5.27. The van der Waals surface area contributed by atoms with Crippen LogP contribution in [0.15, 0.2) is 45.6 Å². The molecule has 3 aromatic rings. The second kappa shape index (κ2) is 11.3. The quantitative estimate of drug-likeness (QED) is 0.355. The summed E-state index contributed by atoms with van der Waals surface area (Å²) in [6, 6.07) is 9.06. The summed E-state index contributed by atoms with van der Waals surface area (Å²) in [6.45, 7) is 4.12. The summed E-state index contributed by atoms with van der Waals surface area (Å²) in [7, 11) is 0. The van der Waals surface area contributed by atoms with Crippen molar-refractivity contribution >= 4 is 22.9 Å². The number of aromatic hydroxyl groups is 2. The Labute approximate surface area is 235 Å². The molecule has 0 bridgehead atoms. The van der Waals surface area contributed by atoms with E-state index in [1.54, 1.807) is 31.2 Å². The zero-order valence-electron chi connectivity index (χ0n) is 22.9. The second-order valence-corrected chi connectivity index (χ2v) is 10.6. The number of phenols is 2. The Kier molecular flexibility index (Phi) is 7.81. The van der Waals surface area contributed by atoms with Crippen LogP contribution in [0.3, 0.4) is 0 Å². The fourth-order valence-electron chi connectivity index (χ4n) is 5.27. The number of carbonyl (C=O) groups excluding carboxylic acids is 2. The standard InChI is InChI=1S/C30H32O11/c1-14-11-23(25(35)29(38-16(3)32)27(14)37-15(2)31)41-30-26(36)24-21(34)12-18(33)13-22(24)40-28(30)17-7-9-20(10-8-17)39-19-5-4-6-19/h7-10,12-14,19,23,25,27,29,33-35H,4-6,11H2,1-3H3/t14-,23-,25+,27+,29+/m0/s1. The van der Waals surface area contributed by atoms with E-state index >= 15 is 0 Å². The van der Waals surface area contributed by atoms with Gasteiger partial charge in [-0.2, -0.15) is 0 Å². The fraction of sp³-hybridized carbons (Fsp3) is 0.433. The molecule has 5 rings (SSSR count).